The van der Waals surface area contributed by atoms with Gasteiger partial charge < -0.3 is 15.5 Å². The second kappa shape index (κ2) is 8.58. The topological polar surface area (TPSA) is 70.2 Å². The Morgan fingerprint density at radius 2 is 2.12 bits per heavy atom. The minimum absolute atomic E-state index is 0.0252. The van der Waals surface area contributed by atoms with Gasteiger partial charge in [0.2, 0.25) is 5.91 Å². The highest BCUT2D eigenvalue weighted by Crippen LogP contribution is 2.16. The number of rotatable bonds is 6. The molecule has 2 aromatic rings. The molecule has 132 valence electrons. The first-order valence-electron chi connectivity index (χ1n) is 8.79. The Balaban J connectivity index is 1.41. The Hall–Kier alpha value is -2.47. The van der Waals surface area contributed by atoms with E-state index in [0.717, 1.165) is 37.3 Å². The summed E-state index contributed by atoms with van der Waals surface area (Å²) in [6.07, 6.45) is 3.84. The number of piperidine rings is 1. The van der Waals surface area contributed by atoms with Crippen molar-refractivity contribution in [2.45, 2.75) is 32.4 Å². The van der Waals surface area contributed by atoms with E-state index in [2.05, 4.69) is 44.8 Å². The first-order chi connectivity index (χ1) is 12.2. The summed E-state index contributed by atoms with van der Waals surface area (Å²) in [5, 5.41) is 14.4. The van der Waals surface area contributed by atoms with Gasteiger partial charge in [-0.2, -0.15) is 5.10 Å². The molecule has 2 N–H and O–H groups in total. The van der Waals surface area contributed by atoms with Crippen molar-refractivity contribution < 1.29 is 4.79 Å². The van der Waals surface area contributed by atoms with Crippen molar-refractivity contribution in [3.63, 3.8) is 0 Å². The van der Waals surface area contributed by atoms with Crippen LogP contribution >= 0.6 is 0 Å². The van der Waals surface area contributed by atoms with Crippen molar-refractivity contribution in [1.29, 1.82) is 0 Å². The zero-order valence-corrected chi connectivity index (χ0v) is 14.6. The third-order valence-electron chi connectivity index (χ3n) is 4.47. The number of carbonyl (C=O) groups excluding carboxylic acids is 1. The third-order valence-corrected chi connectivity index (χ3v) is 4.47. The lowest BCUT2D eigenvalue weighted by Gasteiger charge is -2.33. The van der Waals surface area contributed by atoms with E-state index in [4.69, 9.17) is 0 Å². The maximum absolute atomic E-state index is 12.1. The van der Waals surface area contributed by atoms with Gasteiger partial charge in [0.15, 0.2) is 5.82 Å². The van der Waals surface area contributed by atoms with Gasteiger partial charge in [0.25, 0.3) is 0 Å². The van der Waals surface area contributed by atoms with Crippen molar-refractivity contribution in [2.75, 3.05) is 24.5 Å². The molecule has 3 rings (SSSR count). The predicted octanol–water partition coefficient (Wildman–Crippen LogP) is 1.66. The van der Waals surface area contributed by atoms with Crippen LogP contribution in [0.5, 0.6) is 0 Å². The van der Waals surface area contributed by atoms with E-state index in [1.807, 2.05) is 24.3 Å². The first-order valence-corrected chi connectivity index (χ1v) is 8.79. The fourth-order valence-corrected chi connectivity index (χ4v) is 3.02. The molecular formula is C19H25N5O. The summed E-state index contributed by atoms with van der Waals surface area (Å²) >= 11 is 0. The van der Waals surface area contributed by atoms with E-state index in [-0.39, 0.29) is 5.91 Å². The molecule has 1 aliphatic heterocycles. The molecule has 6 nitrogen and oxygen atoms in total. The summed E-state index contributed by atoms with van der Waals surface area (Å²) in [4.78, 5) is 14.3. The van der Waals surface area contributed by atoms with Gasteiger partial charge in [-0.1, -0.05) is 29.8 Å². The molecule has 0 bridgehead atoms. The second-order valence-corrected chi connectivity index (χ2v) is 6.51. The van der Waals surface area contributed by atoms with Crippen molar-refractivity contribution in [2.24, 2.45) is 0 Å². The number of carbonyl (C=O) groups is 1. The van der Waals surface area contributed by atoms with Gasteiger partial charge in [-0.3, -0.25) is 4.79 Å². The standard InChI is InChI=1S/C19H25N5O/c1-15-6-8-16(9-7-15)12-21-19(25)13-20-17-4-3-11-24(14-17)18-5-2-10-22-23-18/h2,5-10,17,20H,3-4,11-14H2,1H3,(H,21,25)/t17-/m0/s1. The Bertz CT molecular complexity index is 674. The van der Waals surface area contributed by atoms with Crippen molar-refractivity contribution in [3.05, 3.63) is 53.7 Å². The molecule has 0 spiro atoms. The Morgan fingerprint density at radius 1 is 1.28 bits per heavy atom. The lowest BCUT2D eigenvalue weighted by Crippen LogP contribution is -2.48. The summed E-state index contributed by atoms with van der Waals surface area (Å²) in [5.74, 6) is 0.926. The molecule has 1 aromatic heterocycles. The second-order valence-electron chi connectivity index (χ2n) is 6.51. The van der Waals surface area contributed by atoms with Crippen LogP contribution in [0, 0.1) is 6.92 Å². The fraction of sp³-hybridized carbons (Fsp3) is 0.421. The number of nitrogens with one attached hydrogen (secondary N) is 2. The van der Waals surface area contributed by atoms with Crippen LogP contribution in [0.1, 0.15) is 24.0 Å². The van der Waals surface area contributed by atoms with Crippen LogP contribution in [0.25, 0.3) is 0 Å². The summed E-state index contributed by atoms with van der Waals surface area (Å²) in [5.41, 5.74) is 2.34. The quantitative estimate of drug-likeness (QED) is 0.838. The lowest BCUT2D eigenvalue weighted by molar-refractivity contribution is -0.120. The minimum Gasteiger partial charge on any atom is -0.354 e. The van der Waals surface area contributed by atoms with Crippen molar-refractivity contribution in [3.8, 4) is 0 Å². The number of aromatic nitrogens is 2. The van der Waals surface area contributed by atoms with Gasteiger partial charge in [0.1, 0.15) is 0 Å². The minimum atomic E-state index is 0.0252. The van der Waals surface area contributed by atoms with Crippen molar-refractivity contribution >= 4 is 11.7 Å². The van der Waals surface area contributed by atoms with E-state index in [9.17, 15) is 4.79 Å². The van der Waals surface area contributed by atoms with Gasteiger partial charge >= 0.3 is 0 Å². The number of hydrogen-bond donors (Lipinski definition) is 2. The highest BCUT2D eigenvalue weighted by Gasteiger charge is 2.21. The molecule has 1 fully saturated rings. The number of aryl methyl sites for hydroxylation is 1. The summed E-state index contributed by atoms with van der Waals surface area (Å²) in [7, 11) is 0. The van der Waals surface area contributed by atoms with E-state index in [0.29, 0.717) is 19.1 Å². The van der Waals surface area contributed by atoms with Crippen molar-refractivity contribution in [1.82, 2.24) is 20.8 Å². The average Bonchev–Trinajstić information content (AvgIpc) is 2.67. The maximum atomic E-state index is 12.1. The SMILES string of the molecule is Cc1ccc(CNC(=O)CN[C@H]2CCCN(c3cccnn3)C2)cc1. The largest absolute Gasteiger partial charge is 0.354 e. The molecule has 0 radical (unpaired) electrons. The summed E-state index contributed by atoms with van der Waals surface area (Å²) < 4.78 is 0. The number of anilines is 1. The predicted molar refractivity (Wildman–Crippen MR) is 98.3 cm³/mol. The Morgan fingerprint density at radius 3 is 2.88 bits per heavy atom. The molecule has 0 aliphatic carbocycles. The van der Waals surface area contributed by atoms with Gasteiger partial charge in [0, 0.05) is 31.9 Å². The van der Waals surface area contributed by atoms with Crippen LogP contribution in [-0.4, -0.2) is 41.8 Å². The average molecular weight is 339 g/mol. The molecular weight excluding hydrogens is 314 g/mol. The normalized spacial score (nSPS) is 17.3. The van der Waals surface area contributed by atoms with Crippen LogP contribution < -0.4 is 15.5 Å². The lowest BCUT2D eigenvalue weighted by atomic mass is 10.1. The highest BCUT2D eigenvalue weighted by molar-refractivity contribution is 5.78. The van der Waals surface area contributed by atoms with Gasteiger partial charge in [-0.15, -0.1) is 5.10 Å². The molecule has 1 aromatic carbocycles. The zero-order chi connectivity index (χ0) is 17.5. The maximum Gasteiger partial charge on any atom is 0.234 e. The van der Waals surface area contributed by atoms with Gasteiger partial charge in [0.05, 0.1) is 6.54 Å². The number of benzene rings is 1. The van der Waals surface area contributed by atoms with Crippen LogP contribution in [-0.2, 0) is 11.3 Å². The number of nitrogens with zero attached hydrogens (tertiary/aromatic N) is 3. The van der Waals surface area contributed by atoms with E-state index in [1.54, 1.807) is 6.20 Å². The molecule has 2 heterocycles. The van der Waals surface area contributed by atoms with Crippen LogP contribution in [0.15, 0.2) is 42.6 Å². The highest BCUT2D eigenvalue weighted by atomic mass is 16.1. The van der Waals surface area contributed by atoms with Gasteiger partial charge in [-0.05, 0) is 37.5 Å². The fourth-order valence-electron chi connectivity index (χ4n) is 3.02. The third kappa shape index (κ3) is 5.26. The zero-order valence-electron chi connectivity index (χ0n) is 14.6. The van der Waals surface area contributed by atoms with Gasteiger partial charge in [-0.25, -0.2) is 0 Å². The molecule has 25 heavy (non-hydrogen) atoms. The van der Waals surface area contributed by atoms with Crippen LogP contribution in [0.2, 0.25) is 0 Å². The van der Waals surface area contributed by atoms with E-state index < -0.39 is 0 Å². The van der Waals surface area contributed by atoms with E-state index >= 15 is 0 Å². The van der Waals surface area contributed by atoms with E-state index in [1.165, 1.54) is 5.56 Å². The number of amides is 1. The molecule has 1 atom stereocenters. The Labute approximate surface area is 148 Å². The van der Waals surface area contributed by atoms with Crippen LogP contribution in [0.4, 0.5) is 5.82 Å². The first kappa shape index (κ1) is 17.4. The summed E-state index contributed by atoms with van der Waals surface area (Å²) in [6, 6.07) is 12.4. The smallest absolute Gasteiger partial charge is 0.234 e. The van der Waals surface area contributed by atoms with Crippen LogP contribution in [0.3, 0.4) is 0 Å². The Kier molecular flexibility index (Phi) is 5.95. The molecule has 1 saturated heterocycles. The molecule has 1 amide bonds. The monoisotopic (exact) mass is 339 g/mol. The molecule has 0 unspecified atom stereocenters. The molecule has 0 saturated carbocycles. The molecule has 6 heteroatoms. The number of hydrogen-bond acceptors (Lipinski definition) is 5. The molecule has 1 aliphatic rings. The summed E-state index contributed by atoms with van der Waals surface area (Å²) in [6.45, 7) is 4.79.